The van der Waals surface area contributed by atoms with Gasteiger partial charge < -0.3 is 20.5 Å². The normalized spacial score (nSPS) is 20.0. The highest BCUT2D eigenvalue weighted by molar-refractivity contribution is 5.92. The number of nitrogens with two attached hydrogens (primary N) is 1. The summed E-state index contributed by atoms with van der Waals surface area (Å²) in [6.07, 6.45) is 0.910. The average Bonchev–Trinajstić information content (AvgIpc) is 2.50. The number of likely N-dealkylation sites (tertiary alicyclic amines) is 1. The summed E-state index contributed by atoms with van der Waals surface area (Å²) in [6.45, 7) is 6.32. The number of amides is 1. The zero-order valence-electron chi connectivity index (χ0n) is 14.8. The van der Waals surface area contributed by atoms with Gasteiger partial charge in [0, 0.05) is 43.0 Å². The molecule has 0 saturated carbocycles. The van der Waals surface area contributed by atoms with E-state index in [4.69, 9.17) is 15.2 Å². The van der Waals surface area contributed by atoms with Crippen LogP contribution in [0.2, 0.25) is 0 Å². The summed E-state index contributed by atoms with van der Waals surface area (Å²) in [6, 6.07) is 5.50. The van der Waals surface area contributed by atoms with Crippen LogP contribution in [0.3, 0.4) is 0 Å². The monoisotopic (exact) mass is 357 g/mol. The lowest BCUT2D eigenvalue weighted by molar-refractivity contribution is -0.118. The Hall–Kier alpha value is -1.50. The third-order valence-electron chi connectivity index (χ3n) is 4.39. The molecule has 1 amide bonds. The van der Waals surface area contributed by atoms with Gasteiger partial charge in [0.15, 0.2) is 0 Å². The second-order valence-electron chi connectivity index (χ2n) is 6.74. The summed E-state index contributed by atoms with van der Waals surface area (Å²) in [5.74, 6) is 1.24. The molecule has 2 rings (SSSR count). The number of nitrogens with one attached hydrogen (secondary N) is 1. The van der Waals surface area contributed by atoms with Gasteiger partial charge in [-0.05, 0) is 11.8 Å². The molecular weight excluding hydrogens is 330 g/mol. The van der Waals surface area contributed by atoms with Crippen molar-refractivity contribution >= 4 is 24.0 Å². The minimum absolute atomic E-state index is 0. The van der Waals surface area contributed by atoms with Crippen molar-refractivity contribution in [2.45, 2.75) is 26.3 Å². The van der Waals surface area contributed by atoms with Crippen LogP contribution in [0.1, 0.15) is 20.3 Å². The van der Waals surface area contributed by atoms with E-state index in [1.165, 1.54) is 0 Å². The number of halogens is 1. The zero-order chi connectivity index (χ0) is 17.0. The maximum atomic E-state index is 12.3. The predicted molar refractivity (Wildman–Crippen MR) is 98.2 cm³/mol. The van der Waals surface area contributed by atoms with E-state index in [1.807, 2.05) is 0 Å². The van der Waals surface area contributed by atoms with Gasteiger partial charge in [-0.25, -0.2) is 0 Å². The molecule has 6 nitrogen and oxygen atoms in total. The number of hydrogen-bond donors (Lipinski definition) is 2. The molecule has 1 fully saturated rings. The Morgan fingerprint density at radius 3 is 2.38 bits per heavy atom. The van der Waals surface area contributed by atoms with Crippen LogP contribution in [0.25, 0.3) is 0 Å². The standard InChI is InChI=1S/C17H27N3O3.ClH/c1-17(2)11-20(6-5-15(17)18)10-16(21)19-12-7-13(22-3)9-14(8-12)23-4;/h7-9,15H,5-6,10-11,18H2,1-4H3,(H,19,21);1H. The van der Waals surface area contributed by atoms with E-state index in [2.05, 4.69) is 24.1 Å². The highest BCUT2D eigenvalue weighted by Gasteiger charge is 2.33. The lowest BCUT2D eigenvalue weighted by Gasteiger charge is -2.42. The first-order valence-electron chi connectivity index (χ1n) is 7.85. The Morgan fingerprint density at radius 1 is 1.29 bits per heavy atom. The van der Waals surface area contributed by atoms with Gasteiger partial charge in [0.25, 0.3) is 0 Å². The first-order chi connectivity index (χ1) is 10.8. The van der Waals surface area contributed by atoms with Crippen molar-refractivity contribution in [2.24, 2.45) is 11.1 Å². The molecular formula is C17H28ClN3O3. The molecule has 1 unspecified atom stereocenters. The van der Waals surface area contributed by atoms with Crippen LogP contribution < -0.4 is 20.5 Å². The topological polar surface area (TPSA) is 76.8 Å². The Morgan fingerprint density at radius 2 is 1.88 bits per heavy atom. The van der Waals surface area contributed by atoms with Gasteiger partial charge in [-0.3, -0.25) is 9.69 Å². The number of piperidine rings is 1. The van der Waals surface area contributed by atoms with Crippen molar-refractivity contribution in [3.05, 3.63) is 18.2 Å². The van der Waals surface area contributed by atoms with Crippen molar-refractivity contribution in [3.63, 3.8) is 0 Å². The Labute approximate surface area is 150 Å². The molecule has 0 aliphatic carbocycles. The average molecular weight is 358 g/mol. The number of nitrogens with zero attached hydrogens (tertiary/aromatic N) is 1. The highest BCUT2D eigenvalue weighted by atomic mass is 35.5. The van der Waals surface area contributed by atoms with Gasteiger partial charge >= 0.3 is 0 Å². The number of ether oxygens (including phenoxy) is 2. The quantitative estimate of drug-likeness (QED) is 0.844. The van der Waals surface area contributed by atoms with Crippen molar-refractivity contribution in [3.8, 4) is 11.5 Å². The van der Waals surface area contributed by atoms with E-state index in [1.54, 1.807) is 32.4 Å². The van der Waals surface area contributed by atoms with E-state index in [0.717, 1.165) is 19.5 Å². The first kappa shape index (κ1) is 20.5. The van der Waals surface area contributed by atoms with Gasteiger partial charge in [0.1, 0.15) is 11.5 Å². The molecule has 1 saturated heterocycles. The van der Waals surface area contributed by atoms with Crippen LogP contribution >= 0.6 is 12.4 Å². The number of anilines is 1. The maximum Gasteiger partial charge on any atom is 0.238 e. The molecule has 136 valence electrons. The lowest BCUT2D eigenvalue weighted by Crippen LogP contribution is -2.53. The molecule has 0 aromatic heterocycles. The minimum Gasteiger partial charge on any atom is -0.497 e. The Bertz CT molecular complexity index is 544. The zero-order valence-corrected chi connectivity index (χ0v) is 15.6. The fraction of sp³-hybridized carbons (Fsp3) is 0.588. The summed E-state index contributed by atoms with van der Waals surface area (Å²) < 4.78 is 10.4. The fourth-order valence-corrected chi connectivity index (χ4v) is 2.90. The minimum atomic E-state index is -0.0495. The second kappa shape index (κ2) is 8.55. The molecule has 1 aromatic carbocycles. The van der Waals surface area contributed by atoms with E-state index in [-0.39, 0.29) is 29.8 Å². The number of hydrogen-bond acceptors (Lipinski definition) is 5. The maximum absolute atomic E-state index is 12.3. The third-order valence-corrected chi connectivity index (χ3v) is 4.39. The molecule has 1 aromatic rings. The predicted octanol–water partition coefficient (Wildman–Crippen LogP) is 2.12. The SMILES string of the molecule is COc1cc(NC(=O)CN2CCC(N)C(C)(C)C2)cc(OC)c1.Cl. The summed E-state index contributed by atoms with van der Waals surface area (Å²) in [5, 5.41) is 2.91. The van der Waals surface area contributed by atoms with Gasteiger partial charge in [-0.2, -0.15) is 0 Å². The van der Waals surface area contributed by atoms with Gasteiger partial charge in [-0.1, -0.05) is 13.8 Å². The molecule has 0 spiro atoms. The van der Waals surface area contributed by atoms with Crippen molar-refractivity contribution in [1.29, 1.82) is 0 Å². The number of carbonyl (C=O) groups is 1. The second-order valence-corrected chi connectivity index (χ2v) is 6.74. The highest BCUT2D eigenvalue weighted by Crippen LogP contribution is 2.28. The van der Waals surface area contributed by atoms with Crippen LogP contribution in [-0.2, 0) is 4.79 Å². The summed E-state index contributed by atoms with van der Waals surface area (Å²) in [5.41, 5.74) is 6.83. The molecule has 1 heterocycles. The fourth-order valence-electron chi connectivity index (χ4n) is 2.90. The number of methoxy groups -OCH3 is 2. The van der Waals surface area contributed by atoms with E-state index in [0.29, 0.717) is 23.7 Å². The van der Waals surface area contributed by atoms with Gasteiger partial charge in [0.05, 0.1) is 20.8 Å². The van der Waals surface area contributed by atoms with E-state index >= 15 is 0 Å². The first-order valence-corrected chi connectivity index (χ1v) is 7.85. The molecule has 7 heteroatoms. The summed E-state index contributed by atoms with van der Waals surface area (Å²) in [4.78, 5) is 14.5. The molecule has 1 aliphatic heterocycles. The summed E-state index contributed by atoms with van der Waals surface area (Å²) in [7, 11) is 3.17. The summed E-state index contributed by atoms with van der Waals surface area (Å²) >= 11 is 0. The van der Waals surface area contributed by atoms with E-state index in [9.17, 15) is 4.79 Å². The Balaban J connectivity index is 0.00000288. The van der Waals surface area contributed by atoms with Crippen molar-refractivity contribution in [1.82, 2.24) is 4.90 Å². The smallest absolute Gasteiger partial charge is 0.238 e. The van der Waals surface area contributed by atoms with Crippen molar-refractivity contribution in [2.75, 3.05) is 39.2 Å². The van der Waals surface area contributed by atoms with Crippen LogP contribution in [0.4, 0.5) is 5.69 Å². The van der Waals surface area contributed by atoms with Crippen LogP contribution in [0.5, 0.6) is 11.5 Å². The lowest BCUT2D eigenvalue weighted by atomic mass is 9.80. The van der Waals surface area contributed by atoms with Gasteiger partial charge in [-0.15, -0.1) is 12.4 Å². The Kier molecular flexibility index (Phi) is 7.32. The molecule has 0 radical (unpaired) electrons. The van der Waals surface area contributed by atoms with Crippen molar-refractivity contribution < 1.29 is 14.3 Å². The number of rotatable bonds is 5. The van der Waals surface area contributed by atoms with Crippen LogP contribution in [0.15, 0.2) is 18.2 Å². The van der Waals surface area contributed by atoms with E-state index < -0.39 is 0 Å². The largest absolute Gasteiger partial charge is 0.497 e. The molecule has 1 atom stereocenters. The van der Waals surface area contributed by atoms with Crippen LogP contribution in [0, 0.1) is 5.41 Å². The van der Waals surface area contributed by atoms with Crippen LogP contribution in [-0.4, -0.2) is 50.7 Å². The third kappa shape index (κ3) is 5.26. The molecule has 3 N–H and O–H groups in total. The molecule has 0 bridgehead atoms. The number of benzene rings is 1. The number of carbonyl (C=O) groups excluding carboxylic acids is 1. The molecule has 1 aliphatic rings. The molecule has 24 heavy (non-hydrogen) atoms. The van der Waals surface area contributed by atoms with Gasteiger partial charge in [0.2, 0.25) is 5.91 Å².